The van der Waals surface area contributed by atoms with Crippen molar-refractivity contribution in [2.75, 3.05) is 18.5 Å². The summed E-state index contributed by atoms with van der Waals surface area (Å²) in [6.07, 6.45) is 3.93. The quantitative estimate of drug-likeness (QED) is 0.634. The molecule has 1 atom stereocenters. The summed E-state index contributed by atoms with van der Waals surface area (Å²) in [5, 5.41) is 14.8. The zero-order chi connectivity index (χ0) is 13.4. The van der Waals surface area contributed by atoms with E-state index in [1.54, 1.807) is 18.2 Å². The zero-order valence-corrected chi connectivity index (χ0v) is 10.5. The standard InChI is InChI=1S/C13H19N3O2/c1-3-7-14-13(18)10-5-6-12(15-8-10)16-11(4-2)9-17/h3,5-6,8,11,17H,1,4,7,9H2,2H3,(H,14,18)(H,15,16)/t11-/m0/s1. The van der Waals surface area contributed by atoms with Gasteiger partial charge in [-0.3, -0.25) is 4.79 Å². The van der Waals surface area contributed by atoms with Gasteiger partial charge < -0.3 is 15.7 Å². The van der Waals surface area contributed by atoms with Crippen LogP contribution in [-0.4, -0.2) is 35.2 Å². The fourth-order valence-corrected chi connectivity index (χ4v) is 1.37. The lowest BCUT2D eigenvalue weighted by atomic mass is 10.2. The van der Waals surface area contributed by atoms with Crippen LogP contribution in [0.1, 0.15) is 23.7 Å². The number of amides is 1. The van der Waals surface area contributed by atoms with Crippen LogP contribution in [0.2, 0.25) is 0 Å². The third-order valence-electron chi connectivity index (χ3n) is 2.50. The molecular formula is C13H19N3O2. The lowest BCUT2D eigenvalue weighted by Gasteiger charge is -2.14. The lowest BCUT2D eigenvalue weighted by Crippen LogP contribution is -2.24. The van der Waals surface area contributed by atoms with Crippen LogP contribution in [0.3, 0.4) is 0 Å². The first kappa shape index (κ1) is 14.2. The molecule has 0 bridgehead atoms. The molecule has 1 amide bonds. The normalized spacial score (nSPS) is 11.7. The molecule has 5 nitrogen and oxygen atoms in total. The Bertz CT molecular complexity index is 386. The van der Waals surface area contributed by atoms with Gasteiger partial charge in [0.1, 0.15) is 5.82 Å². The molecule has 98 valence electrons. The van der Waals surface area contributed by atoms with Crippen molar-refractivity contribution in [3.8, 4) is 0 Å². The van der Waals surface area contributed by atoms with E-state index in [-0.39, 0.29) is 18.6 Å². The summed E-state index contributed by atoms with van der Waals surface area (Å²) in [7, 11) is 0. The minimum atomic E-state index is -0.178. The predicted octanol–water partition coefficient (Wildman–Crippen LogP) is 1.18. The Hall–Kier alpha value is -1.88. The monoisotopic (exact) mass is 249 g/mol. The molecule has 0 spiro atoms. The number of carbonyl (C=O) groups excluding carboxylic acids is 1. The van der Waals surface area contributed by atoms with Crippen LogP contribution in [-0.2, 0) is 0 Å². The average Bonchev–Trinajstić information content (AvgIpc) is 2.42. The van der Waals surface area contributed by atoms with E-state index in [0.717, 1.165) is 6.42 Å². The number of carbonyl (C=O) groups is 1. The molecule has 0 unspecified atom stereocenters. The van der Waals surface area contributed by atoms with Gasteiger partial charge in [0.2, 0.25) is 0 Å². The van der Waals surface area contributed by atoms with Crippen molar-refractivity contribution in [3.63, 3.8) is 0 Å². The van der Waals surface area contributed by atoms with Crippen molar-refractivity contribution in [1.82, 2.24) is 10.3 Å². The molecule has 1 heterocycles. The number of pyridine rings is 1. The van der Waals surface area contributed by atoms with Gasteiger partial charge in [0.05, 0.1) is 18.2 Å². The summed E-state index contributed by atoms with van der Waals surface area (Å²) in [6.45, 7) is 5.99. The maximum atomic E-state index is 11.6. The predicted molar refractivity (Wildman–Crippen MR) is 71.6 cm³/mol. The molecule has 5 heteroatoms. The van der Waals surface area contributed by atoms with Crippen molar-refractivity contribution in [2.24, 2.45) is 0 Å². The van der Waals surface area contributed by atoms with Crippen molar-refractivity contribution in [1.29, 1.82) is 0 Å². The van der Waals surface area contributed by atoms with E-state index in [1.165, 1.54) is 6.20 Å². The Morgan fingerprint density at radius 3 is 2.89 bits per heavy atom. The van der Waals surface area contributed by atoms with Gasteiger partial charge in [0.15, 0.2) is 0 Å². The Kier molecular flexibility index (Phi) is 5.87. The number of hydrogen-bond acceptors (Lipinski definition) is 4. The van der Waals surface area contributed by atoms with E-state index in [1.807, 2.05) is 6.92 Å². The van der Waals surface area contributed by atoms with Crippen molar-refractivity contribution < 1.29 is 9.90 Å². The van der Waals surface area contributed by atoms with Gasteiger partial charge in [-0.05, 0) is 18.6 Å². The summed E-state index contributed by atoms with van der Waals surface area (Å²) in [4.78, 5) is 15.7. The van der Waals surface area contributed by atoms with Gasteiger partial charge in [0, 0.05) is 12.7 Å². The number of rotatable bonds is 7. The highest BCUT2D eigenvalue weighted by Gasteiger charge is 2.07. The second-order valence-electron chi connectivity index (χ2n) is 3.86. The number of nitrogens with one attached hydrogen (secondary N) is 2. The first-order valence-corrected chi connectivity index (χ1v) is 5.93. The van der Waals surface area contributed by atoms with E-state index in [4.69, 9.17) is 5.11 Å². The van der Waals surface area contributed by atoms with E-state index in [2.05, 4.69) is 22.2 Å². The maximum absolute atomic E-state index is 11.6. The minimum absolute atomic E-state index is 0.0158. The van der Waals surface area contributed by atoms with Gasteiger partial charge in [-0.15, -0.1) is 6.58 Å². The van der Waals surface area contributed by atoms with Crippen LogP contribution in [0.4, 0.5) is 5.82 Å². The fourth-order valence-electron chi connectivity index (χ4n) is 1.37. The topological polar surface area (TPSA) is 74.2 Å². The SMILES string of the molecule is C=CCNC(=O)c1ccc(N[C@@H](CC)CO)nc1. The largest absolute Gasteiger partial charge is 0.394 e. The van der Waals surface area contributed by atoms with Gasteiger partial charge in [-0.1, -0.05) is 13.0 Å². The highest BCUT2D eigenvalue weighted by Crippen LogP contribution is 2.07. The second-order valence-corrected chi connectivity index (χ2v) is 3.86. The van der Waals surface area contributed by atoms with E-state index in [0.29, 0.717) is 17.9 Å². The van der Waals surface area contributed by atoms with Crippen molar-refractivity contribution in [3.05, 3.63) is 36.5 Å². The molecule has 1 rings (SSSR count). The molecule has 0 radical (unpaired) electrons. The molecular weight excluding hydrogens is 230 g/mol. The van der Waals surface area contributed by atoms with E-state index in [9.17, 15) is 4.79 Å². The molecule has 0 fully saturated rings. The van der Waals surface area contributed by atoms with Crippen LogP contribution in [0, 0.1) is 0 Å². The zero-order valence-electron chi connectivity index (χ0n) is 10.5. The van der Waals surface area contributed by atoms with Crippen LogP contribution in [0.15, 0.2) is 31.0 Å². The van der Waals surface area contributed by atoms with Crippen LogP contribution >= 0.6 is 0 Å². The maximum Gasteiger partial charge on any atom is 0.253 e. The Balaban J connectivity index is 2.61. The van der Waals surface area contributed by atoms with Crippen LogP contribution in [0.5, 0.6) is 0 Å². The fraction of sp³-hybridized carbons (Fsp3) is 0.385. The van der Waals surface area contributed by atoms with Gasteiger partial charge >= 0.3 is 0 Å². The van der Waals surface area contributed by atoms with Crippen molar-refractivity contribution >= 4 is 11.7 Å². The molecule has 0 aliphatic carbocycles. The van der Waals surface area contributed by atoms with Gasteiger partial charge in [0.25, 0.3) is 5.91 Å². The molecule has 3 N–H and O–H groups in total. The molecule has 0 aromatic carbocycles. The Morgan fingerprint density at radius 1 is 1.61 bits per heavy atom. The van der Waals surface area contributed by atoms with Gasteiger partial charge in [-0.2, -0.15) is 0 Å². The Labute approximate surface area is 107 Å². The molecule has 0 aliphatic rings. The summed E-state index contributed by atoms with van der Waals surface area (Å²) >= 11 is 0. The smallest absolute Gasteiger partial charge is 0.253 e. The number of aliphatic hydroxyl groups is 1. The molecule has 0 aliphatic heterocycles. The average molecular weight is 249 g/mol. The number of hydrogen-bond donors (Lipinski definition) is 3. The molecule has 0 saturated heterocycles. The summed E-state index contributed by atoms with van der Waals surface area (Å²) < 4.78 is 0. The Morgan fingerprint density at radius 2 is 2.39 bits per heavy atom. The third-order valence-corrected chi connectivity index (χ3v) is 2.50. The molecule has 1 aromatic heterocycles. The second kappa shape index (κ2) is 7.45. The molecule has 0 saturated carbocycles. The first-order chi connectivity index (χ1) is 8.71. The number of aromatic nitrogens is 1. The summed E-state index contributed by atoms with van der Waals surface area (Å²) in [5.41, 5.74) is 0.499. The summed E-state index contributed by atoms with van der Waals surface area (Å²) in [5.74, 6) is 0.472. The van der Waals surface area contributed by atoms with E-state index < -0.39 is 0 Å². The highest BCUT2D eigenvalue weighted by molar-refractivity contribution is 5.94. The number of anilines is 1. The lowest BCUT2D eigenvalue weighted by molar-refractivity contribution is 0.0957. The minimum Gasteiger partial charge on any atom is -0.394 e. The number of nitrogens with zero attached hydrogens (tertiary/aromatic N) is 1. The first-order valence-electron chi connectivity index (χ1n) is 5.93. The highest BCUT2D eigenvalue weighted by atomic mass is 16.3. The number of aliphatic hydroxyl groups excluding tert-OH is 1. The molecule has 1 aromatic rings. The third kappa shape index (κ3) is 4.18. The van der Waals surface area contributed by atoms with E-state index >= 15 is 0 Å². The van der Waals surface area contributed by atoms with Crippen LogP contribution in [0.25, 0.3) is 0 Å². The van der Waals surface area contributed by atoms with Crippen molar-refractivity contribution in [2.45, 2.75) is 19.4 Å². The molecule has 18 heavy (non-hydrogen) atoms. The van der Waals surface area contributed by atoms with Crippen LogP contribution < -0.4 is 10.6 Å². The summed E-state index contributed by atoms with van der Waals surface area (Å²) in [6, 6.07) is 3.40. The van der Waals surface area contributed by atoms with Gasteiger partial charge in [-0.25, -0.2) is 4.98 Å².